The number of aryl methyl sites for hydroxylation is 3. The van der Waals surface area contributed by atoms with E-state index in [-0.39, 0.29) is 18.1 Å². The van der Waals surface area contributed by atoms with E-state index in [1.54, 1.807) is 0 Å². The van der Waals surface area contributed by atoms with E-state index in [9.17, 15) is 5.11 Å². The van der Waals surface area contributed by atoms with Crippen molar-refractivity contribution in [2.75, 3.05) is 13.2 Å². The van der Waals surface area contributed by atoms with Crippen molar-refractivity contribution in [2.45, 2.75) is 44.8 Å². The Morgan fingerprint density at radius 1 is 1.31 bits per heavy atom. The summed E-state index contributed by atoms with van der Waals surface area (Å²) in [6.45, 7) is 3.69. The lowest BCUT2D eigenvalue weighted by Crippen LogP contribution is -2.30. The summed E-state index contributed by atoms with van der Waals surface area (Å²) in [6, 6.07) is 4.19. The van der Waals surface area contributed by atoms with E-state index in [4.69, 9.17) is 25.8 Å². The van der Waals surface area contributed by atoms with Crippen LogP contribution < -0.4 is 4.74 Å². The first-order valence-corrected chi connectivity index (χ1v) is 10.1. The van der Waals surface area contributed by atoms with Crippen LogP contribution in [0.1, 0.15) is 18.3 Å². The van der Waals surface area contributed by atoms with Crippen molar-refractivity contribution in [3.05, 3.63) is 34.7 Å². The summed E-state index contributed by atoms with van der Waals surface area (Å²) in [4.78, 5) is 12.2. The van der Waals surface area contributed by atoms with Gasteiger partial charge in [-0.25, -0.2) is 4.98 Å². The second-order valence-electron chi connectivity index (χ2n) is 7.33. The Morgan fingerprint density at radius 3 is 3.03 bits per heavy atom. The zero-order valence-corrected chi connectivity index (χ0v) is 16.7. The summed E-state index contributed by atoms with van der Waals surface area (Å²) in [5, 5.41) is 14.8. The first kappa shape index (κ1) is 18.8. The summed E-state index contributed by atoms with van der Waals surface area (Å²) in [5.41, 5.74) is 3.05. The average Bonchev–Trinajstić information content (AvgIpc) is 3.47. The van der Waals surface area contributed by atoms with Crippen LogP contribution in [0.15, 0.2) is 18.3 Å². The Labute approximate surface area is 172 Å². The van der Waals surface area contributed by atoms with Gasteiger partial charge in [0.15, 0.2) is 11.9 Å². The third-order valence-corrected chi connectivity index (χ3v) is 5.80. The second-order valence-corrected chi connectivity index (χ2v) is 7.74. The van der Waals surface area contributed by atoms with Gasteiger partial charge in [0.2, 0.25) is 0 Å². The first-order valence-electron chi connectivity index (χ1n) is 9.76. The summed E-state index contributed by atoms with van der Waals surface area (Å²) >= 11 is 6.43. The summed E-state index contributed by atoms with van der Waals surface area (Å²) in [7, 11) is 0. The molecule has 3 aromatic rings. The molecule has 0 saturated carbocycles. The Kier molecular flexibility index (Phi) is 4.91. The van der Waals surface area contributed by atoms with Crippen LogP contribution in [-0.2, 0) is 28.9 Å². The number of hydrogen-bond acceptors (Lipinski definition) is 7. The van der Waals surface area contributed by atoms with Crippen LogP contribution in [0.4, 0.5) is 0 Å². The number of pyridine rings is 1. The Hall–Kier alpha value is -2.20. The van der Waals surface area contributed by atoms with E-state index in [2.05, 4.69) is 27.0 Å². The predicted molar refractivity (Wildman–Crippen MR) is 104 cm³/mol. The average molecular weight is 420 g/mol. The maximum atomic E-state index is 9.75. The molecule has 9 nitrogen and oxygen atoms in total. The van der Waals surface area contributed by atoms with Crippen molar-refractivity contribution in [2.24, 2.45) is 5.92 Å². The maximum absolute atomic E-state index is 9.75. The highest BCUT2D eigenvalue weighted by molar-refractivity contribution is 6.31. The third kappa shape index (κ3) is 3.59. The van der Waals surface area contributed by atoms with E-state index >= 15 is 0 Å². The molecule has 5 rings (SSSR count). The SMILES string of the molecule is CCn1ccc(CCc2nc3nc(O[C@@H]4CO[C@H]5[C@@H]4CO[C@H]5O)[nH]c3cc2Cl)n1. The number of halogens is 1. The molecule has 3 aromatic heterocycles. The fraction of sp³-hybridized carbons (Fsp3) is 0.526. The molecule has 10 heteroatoms. The second kappa shape index (κ2) is 7.56. The van der Waals surface area contributed by atoms with Crippen molar-refractivity contribution in [1.82, 2.24) is 24.7 Å². The van der Waals surface area contributed by atoms with Crippen LogP contribution in [0.5, 0.6) is 6.01 Å². The highest BCUT2D eigenvalue weighted by Crippen LogP contribution is 2.33. The number of H-pyrrole nitrogens is 1. The number of aliphatic hydroxyl groups excluding tert-OH is 1. The molecule has 0 amide bonds. The van der Waals surface area contributed by atoms with Gasteiger partial charge in [0.05, 0.1) is 41.1 Å². The molecule has 154 valence electrons. The number of aromatic nitrogens is 5. The van der Waals surface area contributed by atoms with Gasteiger partial charge in [-0.15, -0.1) is 0 Å². The lowest BCUT2D eigenvalue weighted by Gasteiger charge is -2.14. The number of nitrogens with one attached hydrogen (secondary N) is 1. The number of nitrogens with zero attached hydrogens (tertiary/aromatic N) is 4. The number of rotatable bonds is 6. The predicted octanol–water partition coefficient (Wildman–Crippen LogP) is 1.72. The number of hydrogen-bond donors (Lipinski definition) is 2. The van der Waals surface area contributed by atoms with Gasteiger partial charge < -0.3 is 24.3 Å². The van der Waals surface area contributed by atoms with Gasteiger partial charge in [0.1, 0.15) is 12.2 Å². The Bertz CT molecular complexity index is 1020. The zero-order valence-electron chi connectivity index (χ0n) is 15.9. The normalized spacial score (nSPS) is 26.3. The molecule has 0 aliphatic carbocycles. The Balaban J connectivity index is 1.30. The molecule has 4 atom stereocenters. The lowest BCUT2D eigenvalue weighted by atomic mass is 10.0. The molecule has 0 spiro atoms. The van der Waals surface area contributed by atoms with Crippen molar-refractivity contribution >= 4 is 22.8 Å². The van der Waals surface area contributed by atoms with Gasteiger partial charge in [0, 0.05) is 12.7 Å². The van der Waals surface area contributed by atoms with E-state index in [0.29, 0.717) is 41.8 Å². The van der Waals surface area contributed by atoms with Crippen molar-refractivity contribution in [3.63, 3.8) is 0 Å². The van der Waals surface area contributed by atoms with E-state index < -0.39 is 6.29 Å². The van der Waals surface area contributed by atoms with E-state index in [1.165, 1.54) is 0 Å². The van der Waals surface area contributed by atoms with Crippen molar-refractivity contribution in [1.29, 1.82) is 0 Å². The minimum Gasteiger partial charge on any atom is -0.458 e. The zero-order chi connectivity index (χ0) is 20.0. The minimum absolute atomic E-state index is 0.0201. The molecular formula is C19H22ClN5O4. The summed E-state index contributed by atoms with van der Waals surface area (Å²) < 4.78 is 18.7. The summed E-state index contributed by atoms with van der Waals surface area (Å²) in [6.07, 6.45) is 1.92. The molecule has 2 saturated heterocycles. The highest BCUT2D eigenvalue weighted by Gasteiger charge is 2.48. The first-order chi connectivity index (χ1) is 14.1. The van der Waals surface area contributed by atoms with E-state index in [0.717, 1.165) is 24.4 Å². The lowest BCUT2D eigenvalue weighted by molar-refractivity contribution is -0.123. The van der Waals surface area contributed by atoms with Crippen LogP contribution >= 0.6 is 11.6 Å². The number of aromatic amines is 1. The molecule has 0 bridgehead atoms. The van der Waals surface area contributed by atoms with Crippen LogP contribution in [0.25, 0.3) is 11.2 Å². The van der Waals surface area contributed by atoms with Crippen LogP contribution in [0.2, 0.25) is 5.02 Å². The largest absolute Gasteiger partial charge is 0.458 e. The molecule has 2 aliphatic heterocycles. The maximum Gasteiger partial charge on any atom is 0.296 e. The molecular weight excluding hydrogens is 398 g/mol. The quantitative estimate of drug-likeness (QED) is 0.626. The standard InChI is InChI=1S/C19H22ClN5O4/c1-2-25-6-5-10(24-25)3-4-13-12(20)7-14-17(21-13)23-19(22-14)29-15-9-27-16-11(15)8-28-18(16)26/h5-7,11,15-16,18,26H,2-4,8-9H2,1H3,(H,21,22,23)/t11-,15-,16+,18-/m1/s1. The molecule has 29 heavy (non-hydrogen) atoms. The monoisotopic (exact) mass is 419 g/mol. The van der Waals surface area contributed by atoms with Gasteiger partial charge in [-0.05, 0) is 31.9 Å². The highest BCUT2D eigenvalue weighted by atomic mass is 35.5. The molecule has 2 N–H and O–H groups in total. The minimum atomic E-state index is -0.893. The third-order valence-electron chi connectivity index (χ3n) is 5.47. The van der Waals surface area contributed by atoms with Gasteiger partial charge in [0.25, 0.3) is 6.01 Å². The number of fused-ring (bicyclic) bond motifs is 2. The Morgan fingerprint density at radius 2 is 2.21 bits per heavy atom. The molecule has 0 aromatic carbocycles. The number of imidazole rings is 1. The smallest absolute Gasteiger partial charge is 0.296 e. The molecule has 2 aliphatic rings. The van der Waals surface area contributed by atoms with Crippen molar-refractivity contribution in [3.8, 4) is 6.01 Å². The molecule has 2 fully saturated rings. The number of ether oxygens (including phenoxy) is 3. The van der Waals surface area contributed by atoms with Crippen molar-refractivity contribution < 1.29 is 19.3 Å². The van der Waals surface area contributed by atoms with E-state index in [1.807, 2.05) is 23.0 Å². The van der Waals surface area contributed by atoms with Gasteiger partial charge in [-0.2, -0.15) is 10.1 Å². The van der Waals surface area contributed by atoms with Crippen LogP contribution in [0, 0.1) is 5.92 Å². The van der Waals surface area contributed by atoms with Gasteiger partial charge >= 0.3 is 0 Å². The fourth-order valence-corrected chi connectivity index (χ4v) is 4.10. The van der Waals surface area contributed by atoms with Crippen LogP contribution in [0.3, 0.4) is 0 Å². The fourth-order valence-electron chi connectivity index (χ4n) is 3.85. The van der Waals surface area contributed by atoms with Gasteiger partial charge in [-0.3, -0.25) is 4.68 Å². The molecule has 0 unspecified atom stereocenters. The molecule has 0 radical (unpaired) electrons. The number of aliphatic hydroxyl groups is 1. The summed E-state index contributed by atoms with van der Waals surface area (Å²) in [5.74, 6) is -0.0201. The topological polar surface area (TPSA) is 107 Å². The van der Waals surface area contributed by atoms with Gasteiger partial charge in [-0.1, -0.05) is 11.6 Å². The molecule has 5 heterocycles. The van der Waals surface area contributed by atoms with Crippen LogP contribution in [-0.4, -0.2) is 61.6 Å².